The van der Waals surface area contributed by atoms with Gasteiger partial charge < -0.3 is 56.9 Å². The van der Waals surface area contributed by atoms with Gasteiger partial charge in [-0.25, -0.2) is 0 Å². The van der Waals surface area contributed by atoms with Crippen LogP contribution in [0.3, 0.4) is 0 Å². The molecule has 0 aromatic rings. The van der Waals surface area contributed by atoms with Gasteiger partial charge in [0.05, 0.1) is 0 Å². The second-order valence-corrected chi connectivity index (χ2v) is 7.19. The topological polar surface area (TPSA) is 150 Å². The third kappa shape index (κ3) is 58.8. The predicted octanol–water partition coefficient (Wildman–Crippen LogP) is -1.14. The van der Waals surface area contributed by atoms with Gasteiger partial charge in [-0.15, -0.1) is 0 Å². The fourth-order valence-corrected chi connectivity index (χ4v) is 2.81. The number of carboxylic acid groups (broad SMARTS) is 2. The molecular formula is C22H48Cl2N2O4Pt. The molecule has 0 amide bonds. The molecule has 0 aliphatic rings. The molecule has 31 heavy (non-hydrogen) atoms. The van der Waals surface area contributed by atoms with Gasteiger partial charge in [0.25, 0.3) is 0 Å². The molecule has 0 heterocycles. The van der Waals surface area contributed by atoms with Crippen LogP contribution >= 0.6 is 0 Å². The van der Waals surface area contributed by atoms with Gasteiger partial charge in [-0.2, -0.15) is 0 Å². The summed E-state index contributed by atoms with van der Waals surface area (Å²) in [6, 6.07) is 0. The number of hydrogen-bond donors (Lipinski definition) is 2. The molecule has 0 spiro atoms. The van der Waals surface area contributed by atoms with E-state index >= 15 is 0 Å². The largest absolute Gasteiger partial charge is 4.00 e. The Bertz CT molecular complexity index is 300. The first-order valence-electron chi connectivity index (χ1n) is 10.9. The van der Waals surface area contributed by atoms with Crippen LogP contribution in [0.2, 0.25) is 0 Å². The smallest absolute Gasteiger partial charge is 1.00 e. The van der Waals surface area contributed by atoms with Crippen LogP contribution in [0.15, 0.2) is 0 Å². The van der Waals surface area contributed by atoms with Crippen LogP contribution in [-0.4, -0.2) is 11.9 Å². The Balaban J connectivity index is -0.0000000640. The average Bonchev–Trinajstić information content (AvgIpc) is 2.60. The Hall–Kier alpha value is 0.128. The molecule has 0 aromatic carbocycles. The van der Waals surface area contributed by atoms with Crippen LogP contribution in [-0.2, 0) is 30.7 Å². The van der Waals surface area contributed by atoms with Crippen molar-refractivity contribution in [1.82, 2.24) is 12.3 Å². The average molecular weight is 671 g/mol. The standard InChI is InChI=1S/2C11H22O2.2ClH.2H3N.Pt/c2*1-2-3-4-5-6-7-8-9-10-11(12)13;;;;;/h2*2-10H2,1H3,(H,12,13);2*1H;2*1H3;/q;;;;;;+4/p-4. The SMILES string of the molecule is CCCCCCCCCCC(=O)[O-].CCCCCCCCCCC(=O)[O-].N.N.[Cl-].[Cl-].[Pt+4]. The van der Waals surface area contributed by atoms with Gasteiger partial charge in [-0.3, -0.25) is 0 Å². The first-order chi connectivity index (χ1) is 12.5. The van der Waals surface area contributed by atoms with Crippen LogP contribution in [0, 0.1) is 0 Å². The molecule has 0 radical (unpaired) electrons. The monoisotopic (exact) mass is 669 g/mol. The Morgan fingerprint density at radius 2 is 0.677 bits per heavy atom. The molecule has 0 aliphatic heterocycles. The molecule has 0 aliphatic carbocycles. The second kappa shape index (κ2) is 43.9. The number of hydrogen-bond acceptors (Lipinski definition) is 6. The second-order valence-electron chi connectivity index (χ2n) is 7.19. The molecule has 0 atom stereocenters. The van der Waals surface area contributed by atoms with E-state index in [1.54, 1.807) is 0 Å². The van der Waals surface area contributed by atoms with Crippen molar-refractivity contribution >= 4 is 11.9 Å². The minimum absolute atomic E-state index is 0. The Labute approximate surface area is 218 Å². The van der Waals surface area contributed by atoms with E-state index in [2.05, 4.69) is 13.8 Å². The van der Waals surface area contributed by atoms with Crippen LogP contribution < -0.4 is 47.3 Å². The zero-order valence-corrected chi connectivity index (χ0v) is 23.6. The number of aliphatic carboxylic acids is 2. The maximum absolute atomic E-state index is 10.1. The molecule has 194 valence electrons. The quantitative estimate of drug-likeness (QED) is 0.176. The maximum atomic E-state index is 10.1. The molecule has 6 N–H and O–H groups in total. The Morgan fingerprint density at radius 1 is 0.484 bits per heavy atom. The van der Waals surface area contributed by atoms with Crippen molar-refractivity contribution in [3.8, 4) is 0 Å². The van der Waals surface area contributed by atoms with E-state index in [0.29, 0.717) is 0 Å². The van der Waals surface area contributed by atoms with Crippen LogP contribution in [0.1, 0.15) is 129 Å². The normalized spacial score (nSPS) is 8.58. The summed E-state index contributed by atoms with van der Waals surface area (Å²) in [4.78, 5) is 20.1. The zero-order chi connectivity index (χ0) is 19.9. The summed E-state index contributed by atoms with van der Waals surface area (Å²) in [5.41, 5.74) is 0. The minimum atomic E-state index is -0.911. The van der Waals surface area contributed by atoms with Gasteiger partial charge in [0.15, 0.2) is 0 Å². The van der Waals surface area contributed by atoms with E-state index in [9.17, 15) is 19.8 Å². The fraction of sp³-hybridized carbons (Fsp3) is 0.909. The summed E-state index contributed by atoms with van der Waals surface area (Å²) in [7, 11) is 0. The molecule has 0 bridgehead atoms. The fourth-order valence-electron chi connectivity index (χ4n) is 2.81. The number of carbonyl (C=O) groups is 2. The van der Waals surface area contributed by atoms with Crippen molar-refractivity contribution in [1.29, 1.82) is 0 Å². The molecule has 0 rings (SSSR count). The van der Waals surface area contributed by atoms with Crippen molar-refractivity contribution in [2.45, 2.75) is 129 Å². The van der Waals surface area contributed by atoms with Crippen LogP contribution in [0.25, 0.3) is 0 Å². The first-order valence-corrected chi connectivity index (χ1v) is 10.9. The molecule has 6 nitrogen and oxygen atoms in total. The number of unbranched alkanes of at least 4 members (excludes halogenated alkanes) is 14. The van der Waals surface area contributed by atoms with Gasteiger partial charge in [0, 0.05) is 11.9 Å². The minimum Gasteiger partial charge on any atom is -1.00 e. The first kappa shape index (κ1) is 48.5. The van der Waals surface area contributed by atoms with Gasteiger partial charge in [-0.05, 0) is 25.7 Å². The van der Waals surface area contributed by atoms with Crippen molar-refractivity contribution in [2.24, 2.45) is 0 Å². The molecule has 9 heteroatoms. The van der Waals surface area contributed by atoms with Gasteiger partial charge in [0.1, 0.15) is 0 Å². The predicted molar refractivity (Wildman–Crippen MR) is 115 cm³/mol. The number of halogens is 2. The number of carboxylic acids is 2. The molecule has 0 aromatic heterocycles. The molecule has 0 saturated heterocycles. The Morgan fingerprint density at radius 3 is 0.871 bits per heavy atom. The molecular weight excluding hydrogens is 622 g/mol. The summed E-state index contributed by atoms with van der Waals surface area (Å²) in [5, 5.41) is 20.1. The third-order valence-electron chi connectivity index (χ3n) is 4.47. The summed E-state index contributed by atoms with van der Waals surface area (Å²) < 4.78 is 0. The summed E-state index contributed by atoms with van der Waals surface area (Å²) in [6.45, 7) is 4.42. The number of rotatable bonds is 18. The van der Waals surface area contributed by atoms with Crippen LogP contribution in [0.4, 0.5) is 0 Å². The van der Waals surface area contributed by atoms with Crippen molar-refractivity contribution < 1.29 is 65.7 Å². The van der Waals surface area contributed by atoms with E-state index < -0.39 is 11.9 Å². The summed E-state index contributed by atoms with van der Waals surface area (Å²) >= 11 is 0. The Kier molecular flexibility index (Phi) is 68.7. The van der Waals surface area contributed by atoms with Crippen molar-refractivity contribution in [2.75, 3.05) is 0 Å². The van der Waals surface area contributed by atoms with Crippen molar-refractivity contribution in [3.63, 3.8) is 0 Å². The summed E-state index contributed by atoms with van der Waals surface area (Å²) in [5.74, 6) is -1.82. The van der Waals surface area contributed by atoms with E-state index in [0.717, 1.165) is 25.7 Å². The third-order valence-corrected chi connectivity index (χ3v) is 4.47. The van der Waals surface area contributed by atoms with Gasteiger partial charge >= 0.3 is 21.1 Å². The van der Waals surface area contributed by atoms with E-state index in [1.165, 1.54) is 77.0 Å². The molecule has 0 saturated carbocycles. The molecule has 0 unspecified atom stereocenters. The van der Waals surface area contributed by atoms with Gasteiger partial charge in [0.2, 0.25) is 0 Å². The zero-order valence-electron chi connectivity index (χ0n) is 19.8. The summed E-state index contributed by atoms with van der Waals surface area (Å²) in [6.07, 6.45) is 19.5. The van der Waals surface area contributed by atoms with E-state index in [-0.39, 0.29) is 71.0 Å². The van der Waals surface area contributed by atoms with Crippen LogP contribution in [0.5, 0.6) is 0 Å². The van der Waals surface area contributed by atoms with E-state index in [1.807, 2.05) is 0 Å². The van der Waals surface area contributed by atoms with E-state index in [4.69, 9.17) is 0 Å². The maximum Gasteiger partial charge on any atom is 4.00 e. The van der Waals surface area contributed by atoms with Gasteiger partial charge in [-0.1, -0.05) is 104 Å². The molecule has 0 fully saturated rings. The number of carbonyl (C=O) groups excluding carboxylic acids is 2. The van der Waals surface area contributed by atoms with Crippen molar-refractivity contribution in [3.05, 3.63) is 0 Å².